The number of cyclic esters (lactones) is 1. The van der Waals surface area contributed by atoms with Crippen molar-refractivity contribution < 1.29 is 29.6 Å². The summed E-state index contributed by atoms with van der Waals surface area (Å²) in [5.74, 6) is -1.12. The first-order chi connectivity index (χ1) is 9.53. The second-order valence-electron chi connectivity index (χ2n) is 7.42. The Kier molecular flexibility index (Phi) is 2.74. The minimum atomic E-state index is -1.86. The molecular formula is C15H22O6. The van der Waals surface area contributed by atoms with Crippen LogP contribution in [0.15, 0.2) is 0 Å². The van der Waals surface area contributed by atoms with Gasteiger partial charge >= 0.3 is 5.97 Å². The van der Waals surface area contributed by atoms with E-state index in [0.29, 0.717) is 6.42 Å². The molecule has 0 aromatic carbocycles. The number of esters is 1. The number of rotatable bonds is 0. The van der Waals surface area contributed by atoms with Crippen LogP contribution in [0.4, 0.5) is 0 Å². The highest BCUT2D eigenvalue weighted by Gasteiger charge is 2.80. The fourth-order valence-electron chi connectivity index (χ4n) is 4.96. The Labute approximate surface area is 123 Å². The van der Waals surface area contributed by atoms with Gasteiger partial charge < -0.3 is 20.1 Å². The molecule has 0 unspecified atom stereocenters. The summed E-state index contributed by atoms with van der Waals surface area (Å²) in [5.41, 5.74) is -6.11. The lowest BCUT2D eigenvalue weighted by atomic mass is 9.46. The lowest BCUT2D eigenvalue weighted by Gasteiger charge is -2.60. The predicted molar refractivity (Wildman–Crippen MR) is 71.1 cm³/mol. The Morgan fingerprint density at radius 2 is 1.81 bits per heavy atom. The van der Waals surface area contributed by atoms with Crippen LogP contribution in [0.25, 0.3) is 0 Å². The average molecular weight is 298 g/mol. The summed E-state index contributed by atoms with van der Waals surface area (Å²) in [6, 6.07) is 0. The molecule has 1 aliphatic heterocycles. The maximum Gasteiger partial charge on any atom is 0.306 e. The van der Waals surface area contributed by atoms with Crippen LogP contribution in [-0.2, 0) is 14.3 Å². The Balaban J connectivity index is 2.32. The molecule has 6 atom stereocenters. The SMILES string of the molecule is C[C@H]1C[C@@H](O)[C@]2(O)[C@@]13CC(=O)OC[C@@]2(C)[C@](C)(O)C(=O)C3. The van der Waals surface area contributed by atoms with Crippen molar-refractivity contribution in [3.8, 4) is 0 Å². The van der Waals surface area contributed by atoms with Gasteiger partial charge in [0.25, 0.3) is 0 Å². The van der Waals surface area contributed by atoms with Crippen LogP contribution < -0.4 is 0 Å². The van der Waals surface area contributed by atoms with E-state index in [-0.39, 0.29) is 25.4 Å². The number of aliphatic hydroxyl groups excluding tert-OH is 1. The van der Waals surface area contributed by atoms with E-state index in [1.54, 1.807) is 0 Å². The van der Waals surface area contributed by atoms with Gasteiger partial charge in [0.2, 0.25) is 0 Å². The van der Waals surface area contributed by atoms with Crippen LogP contribution >= 0.6 is 0 Å². The van der Waals surface area contributed by atoms with Crippen LogP contribution in [0, 0.1) is 16.7 Å². The molecule has 0 amide bonds. The molecule has 3 N–H and O–H groups in total. The molecule has 3 fully saturated rings. The van der Waals surface area contributed by atoms with Crippen molar-refractivity contribution in [1.29, 1.82) is 0 Å². The molecular weight excluding hydrogens is 276 g/mol. The fourth-order valence-corrected chi connectivity index (χ4v) is 4.96. The van der Waals surface area contributed by atoms with Gasteiger partial charge in [0.05, 0.1) is 17.9 Å². The second-order valence-corrected chi connectivity index (χ2v) is 7.42. The number of carbonyl (C=O) groups is 2. The van der Waals surface area contributed by atoms with Gasteiger partial charge in [-0.15, -0.1) is 0 Å². The third-order valence-corrected chi connectivity index (χ3v) is 6.68. The minimum Gasteiger partial charge on any atom is -0.465 e. The zero-order valence-electron chi connectivity index (χ0n) is 12.5. The molecule has 21 heavy (non-hydrogen) atoms. The Hall–Kier alpha value is -0.980. The lowest BCUT2D eigenvalue weighted by molar-refractivity contribution is -0.272. The minimum absolute atomic E-state index is 0.112. The standard InChI is InChI=1S/C15H22O6/c1-8-4-9(16)15(20)12(2)7-21-11(18)6-14(8,15)5-10(17)13(12,3)19/h8-9,16,19-20H,4-7H2,1-3H3/t8-,9+,12-,13+,14-,15+/m0/s1. The molecule has 1 saturated heterocycles. The molecule has 2 saturated carbocycles. The molecule has 6 heteroatoms. The van der Waals surface area contributed by atoms with E-state index in [0.717, 1.165) is 0 Å². The highest BCUT2D eigenvalue weighted by molar-refractivity contribution is 5.91. The smallest absolute Gasteiger partial charge is 0.306 e. The first kappa shape index (κ1) is 14.9. The molecule has 0 aromatic heterocycles. The van der Waals surface area contributed by atoms with E-state index in [9.17, 15) is 24.9 Å². The number of carbonyl (C=O) groups excluding carboxylic acids is 2. The number of ether oxygens (including phenoxy) is 1. The molecule has 118 valence electrons. The third kappa shape index (κ3) is 1.34. The van der Waals surface area contributed by atoms with Crippen LogP contribution in [0.1, 0.15) is 40.0 Å². The number of hydrogen-bond acceptors (Lipinski definition) is 6. The average Bonchev–Trinajstić information content (AvgIpc) is 2.52. The molecule has 6 nitrogen and oxygen atoms in total. The van der Waals surface area contributed by atoms with Gasteiger partial charge in [0, 0.05) is 11.8 Å². The maximum absolute atomic E-state index is 12.5. The quantitative estimate of drug-likeness (QED) is 0.534. The fraction of sp³-hybridized carbons (Fsp3) is 0.867. The van der Waals surface area contributed by atoms with Gasteiger partial charge in [0.1, 0.15) is 17.8 Å². The number of hydrogen-bond donors (Lipinski definition) is 3. The van der Waals surface area contributed by atoms with E-state index >= 15 is 0 Å². The van der Waals surface area contributed by atoms with Gasteiger partial charge in [-0.1, -0.05) is 13.8 Å². The van der Waals surface area contributed by atoms with E-state index in [1.807, 2.05) is 6.92 Å². The van der Waals surface area contributed by atoms with Gasteiger partial charge in [-0.2, -0.15) is 0 Å². The summed E-state index contributed by atoms with van der Waals surface area (Å²) in [6.07, 6.45) is -1.05. The second kappa shape index (κ2) is 3.86. The van der Waals surface area contributed by atoms with Crippen LogP contribution in [0.3, 0.4) is 0 Å². The van der Waals surface area contributed by atoms with Crippen LogP contribution in [0.5, 0.6) is 0 Å². The Bertz CT molecular complexity index is 528. The highest BCUT2D eigenvalue weighted by Crippen LogP contribution is 2.68. The first-order valence-electron chi connectivity index (χ1n) is 7.35. The molecule has 3 rings (SSSR count). The van der Waals surface area contributed by atoms with E-state index in [2.05, 4.69) is 0 Å². The Morgan fingerprint density at radius 3 is 2.43 bits per heavy atom. The van der Waals surface area contributed by atoms with E-state index in [4.69, 9.17) is 4.74 Å². The predicted octanol–water partition coefficient (Wildman–Crippen LogP) is -0.218. The summed E-state index contributed by atoms with van der Waals surface area (Å²) >= 11 is 0. The summed E-state index contributed by atoms with van der Waals surface area (Å²) in [6.45, 7) is 4.41. The largest absolute Gasteiger partial charge is 0.465 e. The summed E-state index contributed by atoms with van der Waals surface area (Å²) in [4.78, 5) is 24.5. The molecule has 2 bridgehead atoms. The number of aliphatic hydroxyl groups is 3. The van der Waals surface area contributed by atoms with Crippen LogP contribution in [0.2, 0.25) is 0 Å². The molecule has 0 radical (unpaired) electrons. The topological polar surface area (TPSA) is 104 Å². The van der Waals surface area contributed by atoms with Crippen molar-refractivity contribution in [2.24, 2.45) is 16.7 Å². The third-order valence-electron chi connectivity index (χ3n) is 6.68. The number of Topliss-reactive ketones (excluding diaryl/α,β-unsaturated/α-hetero) is 1. The van der Waals surface area contributed by atoms with Gasteiger partial charge in [-0.25, -0.2) is 0 Å². The molecule has 1 heterocycles. The summed E-state index contributed by atoms with van der Waals surface area (Å²) in [5, 5.41) is 32.7. The van der Waals surface area contributed by atoms with Gasteiger partial charge in [-0.05, 0) is 19.3 Å². The van der Waals surface area contributed by atoms with Crippen molar-refractivity contribution in [1.82, 2.24) is 0 Å². The van der Waals surface area contributed by atoms with E-state index in [1.165, 1.54) is 13.8 Å². The highest BCUT2D eigenvalue weighted by atomic mass is 16.5. The van der Waals surface area contributed by atoms with Gasteiger partial charge in [-0.3, -0.25) is 9.59 Å². The van der Waals surface area contributed by atoms with Gasteiger partial charge in [0.15, 0.2) is 5.78 Å². The van der Waals surface area contributed by atoms with Crippen molar-refractivity contribution in [3.63, 3.8) is 0 Å². The molecule has 0 spiro atoms. The van der Waals surface area contributed by atoms with Crippen molar-refractivity contribution >= 4 is 11.8 Å². The molecule has 3 aliphatic rings. The van der Waals surface area contributed by atoms with Crippen LogP contribution in [-0.4, -0.2) is 51.0 Å². The van der Waals surface area contributed by atoms with Crippen molar-refractivity contribution in [2.45, 2.75) is 57.3 Å². The monoisotopic (exact) mass is 298 g/mol. The van der Waals surface area contributed by atoms with E-state index < -0.39 is 39.9 Å². The maximum atomic E-state index is 12.5. The number of ketones is 1. The zero-order valence-corrected chi connectivity index (χ0v) is 12.5. The molecule has 0 aromatic rings. The first-order valence-corrected chi connectivity index (χ1v) is 7.35. The normalized spacial score (nSPS) is 56.7. The lowest BCUT2D eigenvalue weighted by Crippen LogP contribution is -2.75. The molecule has 2 aliphatic carbocycles. The summed E-state index contributed by atoms with van der Waals surface area (Å²) in [7, 11) is 0. The van der Waals surface area contributed by atoms with Crippen molar-refractivity contribution in [2.75, 3.05) is 6.61 Å². The zero-order chi connectivity index (χ0) is 15.8. The van der Waals surface area contributed by atoms with Crippen molar-refractivity contribution in [3.05, 3.63) is 0 Å². The summed E-state index contributed by atoms with van der Waals surface area (Å²) < 4.78 is 5.17. The Morgan fingerprint density at radius 1 is 1.19 bits per heavy atom.